The molecule has 0 aliphatic rings. The van der Waals surface area contributed by atoms with Crippen molar-refractivity contribution in [3.05, 3.63) is 96.1 Å². The van der Waals surface area contributed by atoms with E-state index >= 15 is 0 Å². The third-order valence-corrected chi connectivity index (χ3v) is 5.57. The number of aryl methyl sites for hydroxylation is 1. The van der Waals surface area contributed by atoms with Crippen molar-refractivity contribution < 1.29 is 19.1 Å². The van der Waals surface area contributed by atoms with E-state index in [0.717, 1.165) is 30.7 Å². The fraction of sp³-hybridized carbons (Fsp3) is 0.276. The van der Waals surface area contributed by atoms with Gasteiger partial charge in [0.05, 0.1) is 13.2 Å². The van der Waals surface area contributed by atoms with Crippen molar-refractivity contribution in [1.82, 2.24) is 5.32 Å². The number of hydrogen-bond donors (Lipinski definition) is 2. The molecule has 188 valence electrons. The number of ether oxygens (including phenoxy) is 2. The van der Waals surface area contributed by atoms with Gasteiger partial charge >= 0.3 is 5.97 Å². The lowest BCUT2D eigenvalue weighted by Crippen LogP contribution is -2.34. The van der Waals surface area contributed by atoms with Crippen LogP contribution in [0.5, 0.6) is 5.75 Å². The minimum atomic E-state index is -0.289. The number of rotatable bonds is 13. The van der Waals surface area contributed by atoms with Gasteiger partial charge in [0.1, 0.15) is 5.75 Å². The Bertz CT molecular complexity index is 1090. The molecular formula is C29H32N2O4S. The minimum Gasteiger partial charge on any atom is -0.493 e. The molecule has 0 heterocycles. The zero-order valence-corrected chi connectivity index (χ0v) is 21.1. The van der Waals surface area contributed by atoms with Crippen LogP contribution in [0.4, 0.5) is 5.69 Å². The van der Waals surface area contributed by atoms with Crippen LogP contribution < -0.4 is 15.4 Å². The third kappa shape index (κ3) is 10.7. The van der Waals surface area contributed by atoms with Crippen LogP contribution in [0, 0.1) is 0 Å². The molecule has 0 aliphatic heterocycles. The molecule has 3 rings (SSSR count). The Hall–Kier alpha value is -3.71. The van der Waals surface area contributed by atoms with Crippen molar-refractivity contribution in [3.8, 4) is 5.75 Å². The second-order valence-corrected chi connectivity index (χ2v) is 8.68. The largest absolute Gasteiger partial charge is 0.493 e. The standard InChI is InChI=1S/C29H32N2O4S/c32-27(14-7-15-28(33)35-21-8-13-23-9-3-1-4-10-23)31-29(36)30-25-16-18-26(19-17-25)34-22-20-24-11-5-2-6-12-24/h1-6,9-12,16-19H,7-8,13-15,20-22H2,(H2,30,31,32,36). The van der Waals surface area contributed by atoms with E-state index in [0.29, 0.717) is 19.6 Å². The number of carbonyl (C=O) groups excluding carboxylic acids is 2. The summed E-state index contributed by atoms with van der Waals surface area (Å²) in [6.45, 7) is 0.970. The monoisotopic (exact) mass is 504 g/mol. The molecule has 0 saturated heterocycles. The average Bonchev–Trinajstić information content (AvgIpc) is 2.89. The Balaban J connectivity index is 1.24. The van der Waals surface area contributed by atoms with Gasteiger partial charge in [-0.1, -0.05) is 60.7 Å². The first-order valence-electron chi connectivity index (χ1n) is 12.2. The summed E-state index contributed by atoms with van der Waals surface area (Å²) in [6, 6.07) is 27.6. The summed E-state index contributed by atoms with van der Waals surface area (Å²) in [4.78, 5) is 24.0. The van der Waals surface area contributed by atoms with Gasteiger partial charge in [0.2, 0.25) is 5.91 Å². The lowest BCUT2D eigenvalue weighted by molar-refractivity contribution is -0.143. The van der Waals surface area contributed by atoms with E-state index in [1.807, 2.05) is 60.7 Å². The summed E-state index contributed by atoms with van der Waals surface area (Å²) in [6.07, 6.45) is 3.27. The van der Waals surface area contributed by atoms with Crippen molar-refractivity contribution in [2.24, 2.45) is 0 Å². The molecule has 0 spiro atoms. The van der Waals surface area contributed by atoms with Crippen LogP contribution in [0.15, 0.2) is 84.9 Å². The minimum absolute atomic E-state index is 0.190. The second kappa shape index (κ2) is 15.3. The molecule has 3 aromatic carbocycles. The predicted molar refractivity (Wildman–Crippen MR) is 146 cm³/mol. The number of hydrogen-bond acceptors (Lipinski definition) is 5. The van der Waals surface area contributed by atoms with Gasteiger partial charge in [0, 0.05) is 24.9 Å². The fourth-order valence-electron chi connectivity index (χ4n) is 3.49. The number of benzene rings is 3. The maximum atomic E-state index is 12.1. The molecule has 0 aromatic heterocycles. The van der Waals surface area contributed by atoms with Crippen LogP contribution in [0.3, 0.4) is 0 Å². The molecule has 0 atom stereocenters. The van der Waals surface area contributed by atoms with Gasteiger partial charge in [-0.3, -0.25) is 9.59 Å². The molecule has 7 heteroatoms. The number of amides is 1. The van der Waals surface area contributed by atoms with Crippen LogP contribution in [0.25, 0.3) is 0 Å². The molecule has 0 saturated carbocycles. The molecule has 3 aromatic rings. The first-order chi connectivity index (χ1) is 17.6. The second-order valence-electron chi connectivity index (χ2n) is 8.27. The van der Waals surface area contributed by atoms with Crippen LogP contribution >= 0.6 is 12.2 Å². The van der Waals surface area contributed by atoms with Crippen LogP contribution in [-0.4, -0.2) is 30.2 Å². The summed E-state index contributed by atoms with van der Waals surface area (Å²) in [5.41, 5.74) is 3.19. The lowest BCUT2D eigenvalue weighted by Gasteiger charge is -2.11. The zero-order chi connectivity index (χ0) is 25.4. The van der Waals surface area contributed by atoms with Crippen molar-refractivity contribution in [2.75, 3.05) is 18.5 Å². The normalized spacial score (nSPS) is 10.3. The third-order valence-electron chi connectivity index (χ3n) is 5.37. The Morgan fingerprint density at radius 1 is 0.722 bits per heavy atom. The van der Waals surface area contributed by atoms with E-state index < -0.39 is 0 Å². The van der Waals surface area contributed by atoms with E-state index in [1.165, 1.54) is 11.1 Å². The van der Waals surface area contributed by atoms with Gasteiger partial charge in [-0.25, -0.2) is 0 Å². The average molecular weight is 505 g/mol. The highest BCUT2D eigenvalue weighted by atomic mass is 32.1. The van der Waals surface area contributed by atoms with Gasteiger partial charge in [0.25, 0.3) is 0 Å². The lowest BCUT2D eigenvalue weighted by atomic mass is 10.1. The number of thiocarbonyl (C=S) groups is 1. The molecule has 2 N–H and O–H groups in total. The Labute approximate surface area is 218 Å². The van der Waals surface area contributed by atoms with Gasteiger partial charge in [0.15, 0.2) is 5.11 Å². The Morgan fingerprint density at radius 3 is 2.03 bits per heavy atom. The molecule has 0 unspecified atom stereocenters. The van der Waals surface area contributed by atoms with Crippen LogP contribution in [0.2, 0.25) is 0 Å². The van der Waals surface area contributed by atoms with E-state index in [-0.39, 0.29) is 29.8 Å². The first kappa shape index (κ1) is 26.9. The van der Waals surface area contributed by atoms with Crippen molar-refractivity contribution in [2.45, 2.75) is 38.5 Å². The number of nitrogens with one attached hydrogen (secondary N) is 2. The van der Waals surface area contributed by atoms with E-state index in [4.69, 9.17) is 21.7 Å². The van der Waals surface area contributed by atoms with Crippen molar-refractivity contribution >= 4 is 34.9 Å². The highest BCUT2D eigenvalue weighted by Gasteiger charge is 2.08. The summed E-state index contributed by atoms with van der Waals surface area (Å²) in [5, 5.41) is 5.83. The molecule has 1 amide bonds. The fourth-order valence-corrected chi connectivity index (χ4v) is 3.72. The summed E-state index contributed by atoms with van der Waals surface area (Å²) in [5.74, 6) is 0.228. The van der Waals surface area contributed by atoms with Gasteiger partial charge in [-0.05, 0) is 66.9 Å². The van der Waals surface area contributed by atoms with E-state index in [9.17, 15) is 9.59 Å². The maximum absolute atomic E-state index is 12.1. The molecular weight excluding hydrogens is 472 g/mol. The highest BCUT2D eigenvalue weighted by molar-refractivity contribution is 7.80. The summed E-state index contributed by atoms with van der Waals surface area (Å²) in [7, 11) is 0. The van der Waals surface area contributed by atoms with Gasteiger partial charge in [-0.2, -0.15) is 0 Å². The molecule has 0 radical (unpaired) electrons. The quantitative estimate of drug-likeness (QED) is 0.183. The summed E-state index contributed by atoms with van der Waals surface area (Å²) >= 11 is 5.22. The predicted octanol–water partition coefficient (Wildman–Crippen LogP) is 5.47. The smallest absolute Gasteiger partial charge is 0.305 e. The first-order valence-corrected chi connectivity index (χ1v) is 12.6. The number of carbonyl (C=O) groups is 2. The molecule has 0 aliphatic carbocycles. The molecule has 36 heavy (non-hydrogen) atoms. The van der Waals surface area contributed by atoms with Gasteiger partial charge < -0.3 is 20.1 Å². The molecule has 0 fully saturated rings. The highest BCUT2D eigenvalue weighted by Crippen LogP contribution is 2.16. The van der Waals surface area contributed by atoms with Crippen LogP contribution in [-0.2, 0) is 27.2 Å². The summed E-state index contributed by atoms with van der Waals surface area (Å²) < 4.78 is 11.0. The zero-order valence-electron chi connectivity index (χ0n) is 20.3. The molecule has 6 nitrogen and oxygen atoms in total. The number of esters is 1. The SMILES string of the molecule is O=C(CCCC(=O)OCCCc1ccccc1)NC(=S)Nc1ccc(OCCc2ccccc2)cc1. The number of anilines is 1. The molecule has 0 bridgehead atoms. The Morgan fingerprint density at radius 2 is 1.36 bits per heavy atom. The van der Waals surface area contributed by atoms with Crippen LogP contribution in [0.1, 0.15) is 36.8 Å². The van der Waals surface area contributed by atoms with Crippen molar-refractivity contribution in [1.29, 1.82) is 0 Å². The van der Waals surface area contributed by atoms with E-state index in [1.54, 1.807) is 0 Å². The topological polar surface area (TPSA) is 76.7 Å². The Kier molecular flexibility index (Phi) is 11.4. The maximum Gasteiger partial charge on any atom is 0.305 e. The van der Waals surface area contributed by atoms with E-state index in [2.05, 4.69) is 34.9 Å². The van der Waals surface area contributed by atoms with Gasteiger partial charge in [-0.15, -0.1) is 0 Å². The van der Waals surface area contributed by atoms with Crippen molar-refractivity contribution in [3.63, 3.8) is 0 Å².